The van der Waals surface area contributed by atoms with Gasteiger partial charge in [-0.25, -0.2) is 0 Å². The summed E-state index contributed by atoms with van der Waals surface area (Å²) >= 11 is 11.7. The first-order chi connectivity index (χ1) is 9.69. The highest BCUT2D eigenvalue weighted by Gasteiger charge is 2.25. The summed E-state index contributed by atoms with van der Waals surface area (Å²) in [6.07, 6.45) is 0.769. The van der Waals surface area contributed by atoms with Crippen LogP contribution in [0.5, 0.6) is 0 Å². The van der Waals surface area contributed by atoms with E-state index < -0.39 is 0 Å². The SMILES string of the molecule is O=C(CCl)N1CCc2[nH]nc(-c3cccc(Cl)c3)c2C1. The fourth-order valence-electron chi connectivity index (χ4n) is 2.47. The predicted molar refractivity (Wildman–Crippen MR) is 78.9 cm³/mol. The van der Waals surface area contributed by atoms with Crippen molar-refractivity contribution < 1.29 is 4.79 Å². The maximum atomic E-state index is 11.7. The summed E-state index contributed by atoms with van der Waals surface area (Å²) in [5.41, 5.74) is 3.94. The van der Waals surface area contributed by atoms with Crippen molar-refractivity contribution in [3.8, 4) is 11.3 Å². The summed E-state index contributed by atoms with van der Waals surface area (Å²) in [6.45, 7) is 1.22. The average molecular weight is 310 g/mol. The number of fused-ring (bicyclic) bond motifs is 1. The zero-order valence-electron chi connectivity index (χ0n) is 10.7. The van der Waals surface area contributed by atoms with Crippen LogP contribution in [0.4, 0.5) is 0 Å². The van der Waals surface area contributed by atoms with E-state index in [-0.39, 0.29) is 11.8 Å². The molecule has 0 aliphatic carbocycles. The van der Waals surface area contributed by atoms with Crippen LogP contribution in [0.3, 0.4) is 0 Å². The molecule has 1 aliphatic rings. The minimum atomic E-state index is -0.0458. The number of aromatic amines is 1. The summed E-state index contributed by atoms with van der Waals surface area (Å²) < 4.78 is 0. The zero-order valence-corrected chi connectivity index (χ0v) is 12.2. The summed E-state index contributed by atoms with van der Waals surface area (Å²) in [5.74, 6) is -0.0322. The van der Waals surface area contributed by atoms with E-state index in [1.165, 1.54) is 0 Å². The highest BCUT2D eigenvalue weighted by molar-refractivity contribution is 6.30. The molecule has 4 nitrogen and oxygen atoms in total. The summed E-state index contributed by atoms with van der Waals surface area (Å²) in [4.78, 5) is 13.5. The van der Waals surface area contributed by atoms with E-state index in [4.69, 9.17) is 23.2 Å². The molecule has 1 aromatic heterocycles. The maximum Gasteiger partial charge on any atom is 0.237 e. The van der Waals surface area contributed by atoms with E-state index in [1.807, 2.05) is 24.3 Å². The van der Waals surface area contributed by atoms with Crippen LogP contribution in [0.15, 0.2) is 24.3 Å². The molecule has 2 heterocycles. The molecule has 3 rings (SSSR count). The number of aromatic nitrogens is 2. The first-order valence-electron chi connectivity index (χ1n) is 6.35. The van der Waals surface area contributed by atoms with Gasteiger partial charge in [0.25, 0.3) is 0 Å². The molecular formula is C14H13Cl2N3O. The molecule has 0 atom stereocenters. The van der Waals surface area contributed by atoms with Crippen molar-refractivity contribution in [2.45, 2.75) is 13.0 Å². The second kappa shape index (κ2) is 5.46. The third kappa shape index (κ3) is 2.41. The Morgan fingerprint density at radius 2 is 2.30 bits per heavy atom. The molecule has 20 heavy (non-hydrogen) atoms. The lowest BCUT2D eigenvalue weighted by molar-refractivity contribution is -0.129. The van der Waals surface area contributed by atoms with Gasteiger partial charge in [-0.15, -0.1) is 11.6 Å². The highest BCUT2D eigenvalue weighted by Crippen LogP contribution is 2.29. The number of hydrogen-bond donors (Lipinski definition) is 1. The predicted octanol–water partition coefficient (Wildman–Crippen LogP) is 2.85. The third-order valence-corrected chi connectivity index (χ3v) is 3.96. The van der Waals surface area contributed by atoms with Gasteiger partial charge < -0.3 is 4.90 Å². The molecule has 1 amide bonds. The second-order valence-corrected chi connectivity index (χ2v) is 5.44. The number of halogens is 2. The first-order valence-corrected chi connectivity index (χ1v) is 7.26. The molecule has 1 N–H and O–H groups in total. The van der Waals surface area contributed by atoms with Crippen molar-refractivity contribution in [2.24, 2.45) is 0 Å². The van der Waals surface area contributed by atoms with Gasteiger partial charge in [-0.2, -0.15) is 5.10 Å². The van der Waals surface area contributed by atoms with E-state index in [1.54, 1.807) is 4.90 Å². The summed E-state index contributed by atoms with van der Waals surface area (Å²) in [7, 11) is 0. The number of alkyl halides is 1. The van der Waals surface area contributed by atoms with Gasteiger partial charge >= 0.3 is 0 Å². The number of nitrogens with zero attached hydrogens (tertiary/aromatic N) is 2. The van der Waals surface area contributed by atoms with Gasteiger partial charge in [-0.1, -0.05) is 23.7 Å². The monoisotopic (exact) mass is 309 g/mol. The summed E-state index contributed by atoms with van der Waals surface area (Å²) in [5, 5.41) is 8.10. The number of H-pyrrole nitrogens is 1. The molecule has 0 fully saturated rings. The van der Waals surface area contributed by atoms with Crippen molar-refractivity contribution in [1.29, 1.82) is 0 Å². The van der Waals surface area contributed by atoms with Crippen molar-refractivity contribution in [2.75, 3.05) is 12.4 Å². The molecule has 6 heteroatoms. The Kier molecular flexibility index (Phi) is 3.68. The van der Waals surface area contributed by atoms with Gasteiger partial charge in [0.05, 0.1) is 5.69 Å². The Morgan fingerprint density at radius 1 is 1.45 bits per heavy atom. The normalized spacial score (nSPS) is 14.2. The lowest BCUT2D eigenvalue weighted by Gasteiger charge is -2.26. The van der Waals surface area contributed by atoms with Crippen LogP contribution in [-0.2, 0) is 17.8 Å². The molecule has 0 saturated heterocycles. The Balaban J connectivity index is 1.97. The van der Waals surface area contributed by atoms with E-state index in [9.17, 15) is 4.79 Å². The van der Waals surface area contributed by atoms with E-state index in [0.717, 1.165) is 28.9 Å². The summed E-state index contributed by atoms with van der Waals surface area (Å²) in [6, 6.07) is 7.56. The number of carbonyl (C=O) groups excluding carboxylic acids is 1. The number of nitrogens with one attached hydrogen (secondary N) is 1. The Bertz CT molecular complexity index is 654. The highest BCUT2D eigenvalue weighted by atomic mass is 35.5. The largest absolute Gasteiger partial charge is 0.337 e. The Hall–Kier alpha value is -1.52. The number of rotatable bonds is 2. The van der Waals surface area contributed by atoms with Gasteiger partial charge in [-0.05, 0) is 12.1 Å². The third-order valence-electron chi connectivity index (χ3n) is 3.50. The minimum absolute atomic E-state index is 0.0136. The lowest BCUT2D eigenvalue weighted by Crippen LogP contribution is -2.36. The van der Waals surface area contributed by atoms with Crippen LogP contribution >= 0.6 is 23.2 Å². The number of benzene rings is 1. The topological polar surface area (TPSA) is 49.0 Å². The molecular weight excluding hydrogens is 297 g/mol. The first kappa shape index (κ1) is 13.5. The Labute approximate surface area is 126 Å². The van der Waals surface area contributed by atoms with Gasteiger partial charge in [0, 0.05) is 41.4 Å². The van der Waals surface area contributed by atoms with E-state index >= 15 is 0 Å². The molecule has 0 unspecified atom stereocenters. The molecule has 0 spiro atoms. The number of carbonyl (C=O) groups is 1. The van der Waals surface area contributed by atoms with Crippen LogP contribution in [0.2, 0.25) is 5.02 Å². The second-order valence-electron chi connectivity index (χ2n) is 4.74. The van der Waals surface area contributed by atoms with Crippen molar-refractivity contribution >= 4 is 29.1 Å². The molecule has 1 aromatic carbocycles. The van der Waals surface area contributed by atoms with Crippen LogP contribution in [-0.4, -0.2) is 33.4 Å². The quantitative estimate of drug-likeness (QED) is 0.867. The van der Waals surface area contributed by atoms with E-state index in [2.05, 4.69) is 10.2 Å². The molecule has 1 aliphatic heterocycles. The average Bonchev–Trinajstić information content (AvgIpc) is 2.89. The van der Waals surface area contributed by atoms with E-state index in [0.29, 0.717) is 18.1 Å². The Morgan fingerprint density at radius 3 is 3.05 bits per heavy atom. The van der Waals surface area contributed by atoms with Crippen molar-refractivity contribution in [3.63, 3.8) is 0 Å². The molecule has 0 saturated carbocycles. The van der Waals surface area contributed by atoms with Crippen molar-refractivity contribution in [3.05, 3.63) is 40.5 Å². The molecule has 2 aromatic rings. The molecule has 0 radical (unpaired) electrons. The smallest absolute Gasteiger partial charge is 0.237 e. The number of hydrogen-bond acceptors (Lipinski definition) is 2. The van der Waals surface area contributed by atoms with Gasteiger partial charge in [0.2, 0.25) is 5.91 Å². The van der Waals surface area contributed by atoms with Crippen LogP contribution < -0.4 is 0 Å². The van der Waals surface area contributed by atoms with Crippen LogP contribution in [0.1, 0.15) is 11.3 Å². The molecule has 0 bridgehead atoms. The zero-order chi connectivity index (χ0) is 14.1. The van der Waals surface area contributed by atoms with Crippen LogP contribution in [0, 0.1) is 0 Å². The fraction of sp³-hybridized carbons (Fsp3) is 0.286. The minimum Gasteiger partial charge on any atom is -0.337 e. The maximum absolute atomic E-state index is 11.7. The standard InChI is InChI=1S/C14H13Cl2N3O/c15-7-13(20)19-5-4-12-11(8-19)14(18-17-12)9-2-1-3-10(16)6-9/h1-3,6H,4-5,7-8H2,(H,17,18). The van der Waals surface area contributed by atoms with Gasteiger partial charge in [0.15, 0.2) is 0 Å². The molecule has 104 valence electrons. The van der Waals surface area contributed by atoms with Gasteiger partial charge in [0.1, 0.15) is 5.88 Å². The lowest BCUT2D eigenvalue weighted by atomic mass is 10.0. The van der Waals surface area contributed by atoms with Gasteiger partial charge in [-0.3, -0.25) is 9.89 Å². The van der Waals surface area contributed by atoms with Crippen LogP contribution in [0.25, 0.3) is 11.3 Å². The van der Waals surface area contributed by atoms with Crippen molar-refractivity contribution in [1.82, 2.24) is 15.1 Å². The fourth-order valence-corrected chi connectivity index (χ4v) is 2.83. The number of amides is 1.